The summed E-state index contributed by atoms with van der Waals surface area (Å²) in [6.07, 6.45) is 4.83. The average Bonchev–Trinajstić information content (AvgIpc) is 2.41. The number of hydrogen-bond donors (Lipinski definition) is 1. The van der Waals surface area contributed by atoms with Gasteiger partial charge in [0, 0.05) is 25.4 Å². The van der Waals surface area contributed by atoms with Crippen LogP contribution in [0.25, 0.3) is 0 Å². The molecule has 18 heavy (non-hydrogen) atoms. The number of piperidine rings is 1. The SMILES string of the molecule is CNC(=O)C1CCCCN1Cc1cccnc1Cl. The molecule has 1 atom stereocenters. The van der Waals surface area contributed by atoms with Crippen LogP contribution in [0.3, 0.4) is 0 Å². The lowest BCUT2D eigenvalue weighted by Crippen LogP contribution is -2.48. The Balaban J connectivity index is 2.10. The van der Waals surface area contributed by atoms with Crippen LogP contribution in [0, 0.1) is 0 Å². The summed E-state index contributed by atoms with van der Waals surface area (Å²) >= 11 is 6.07. The number of likely N-dealkylation sites (N-methyl/N-ethyl adjacent to an activating group) is 1. The van der Waals surface area contributed by atoms with Crippen LogP contribution in [0.2, 0.25) is 5.15 Å². The molecular formula is C13H18ClN3O. The van der Waals surface area contributed by atoms with E-state index in [-0.39, 0.29) is 11.9 Å². The molecule has 2 rings (SSSR count). The van der Waals surface area contributed by atoms with Gasteiger partial charge < -0.3 is 5.32 Å². The maximum absolute atomic E-state index is 11.9. The molecule has 98 valence electrons. The smallest absolute Gasteiger partial charge is 0.237 e. The Morgan fingerprint density at radius 3 is 3.17 bits per heavy atom. The lowest BCUT2D eigenvalue weighted by Gasteiger charge is -2.34. The first-order valence-electron chi connectivity index (χ1n) is 6.27. The minimum Gasteiger partial charge on any atom is -0.358 e. The molecular weight excluding hydrogens is 250 g/mol. The number of likely N-dealkylation sites (tertiary alicyclic amines) is 1. The standard InChI is InChI=1S/C13H18ClN3O/c1-15-13(18)11-6-2-3-8-17(11)9-10-5-4-7-16-12(10)14/h4-5,7,11H,2-3,6,8-9H2,1H3,(H,15,18). The zero-order valence-electron chi connectivity index (χ0n) is 10.5. The third-order valence-corrected chi connectivity index (χ3v) is 3.71. The van der Waals surface area contributed by atoms with Crippen molar-refractivity contribution in [2.24, 2.45) is 0 Å². The number of aromatic nitrogens is 1. The van der Waals surface area contributed by atoms with Gasteiger partial charge >= 0.3 is 0 Å². The quantitative estimate of drug-likeness (QED) is 0.850. The van der Waals surface area contributed by atoms with Crippen molar-refractivity contribution >= 4 is 17.5 Å². The van der Waals surface area contributed by atoms with Crippen LogP contribution in [-0.4, -0.2) is 35.4 Å². The summed E-state index contributed by atoms with van der Waals surface area (Å²) in [5.74, 6) is 0.0923. The number of hydrogen-bond acceptors (Lipinski definition) is 3. The summed E-state index contributed by atoms with van der Waals surface area (Å²) in [7, 11) is 1.69. The minimum atomic E-state index is -0.0416. The second-order valence-electron chi connectivity index (χ2n) is 4.55. The molecule has 0 spiro atoms. The van der Waals surface area contributed by atoms with E-state index in [1.807, 2.05) is 12.1 Å². The number of rotatable bonds is 3. The number of pyridine rings is 1. The molecule has 1 saturated heterocycles. The van der Waals surface area contributed by atoms with Gasteiger partial charge in [-0.3, -0.25) is 9.69 Å². The Labute approximate surface area is 112 Å². The fourth-order valence-electron chi connectivity index (χ4n) is 2.40. The summed E-state index contributed by atoms with van der Waals surface area (Å²) in [5.41, 5.74) is 0.981. The van der Waals surface area contributed by atoms with Crippen molar-refractivity contribution in [3.05, 3.63) is 29.0 Å². The molecule has 1 aromatic heterocycles. The monoisotopic (exact) mass is 267 g/mol. The summed E-state index contributed by atoms with van der Waals surface area (Å²) < 4.78 is 0. The van der Waals surface area contributed by atoms with Gasteiger partial charge in [-0.2, -0.15) is 0 Å². The molecule has 0 saturated carbocycles. The molecule has 1 fully saturated rings. The highest BCUT2D eigenvalue weighted by Gasteiger charge is 2.28. The maximum Gasteiger partial charge on any atom is 0.237 e. The van der Waals surface area contributed by atoms with Crippen LogP contribution in [-0.2, 0) is 11.3 Å². The Hall–Kier alpha value is -1.13. The molecule has 2 heterocycles. The normalized spacial score (nSPS) is 20.7. The van der Waals surface area contributed by atoms with Crippen molar-refractivity contribution < 1.29 is 4.79 Å². The first-order chi connectivity index (χ1) is 8.72. The molecule has 0 aromatic carbocycles. The van der Waals surface area contributed by atoms with Crippen LogP contribution < -0.4 is 5.32 Å². The van der Waals surface area contributed by atoms with Crippen LogP contribution in [0.4, 0.5) is 0 Å². The van der Waals surface area contributed by atoms with E-state index in [1.165, 1.54) is 0 Å². The second-order valence-corrected chi connectivity index (χ2v) is 4.91. The Morgan fingerprint density at radius 1 is 1.61 bits per heavy atom. The number of amides is 1. The van der Waals surface area contributed by atoms with Crippen molar-refractivity contribution in [1.82, 2.24) is 15.2 Å². The van der Waals surface area contributed by atoms with Gasteiger partial charge in [-0.15, -0.1) is 0 Å². The molecule has 5 heteroatoms. The molecule has 1 amide bonds. The maximum atomic E-state index is 11.9. The predicted octanol–water partition coefficient (Wildman–Crippen LogP) is 1.84. The van der Waals surface area contributed by atoms with Gasteiger partial charge in [-0.25, -0.2) is 4.98 Å². The van der Waals surface area contributed by atoms with E-state index in [9.17, 15) is 4.79 Å². The average molecular weight is 268 g/mol. The van der Waals surface area contributed by atoms with Gasteiger partial charge in [0.2, 0.25) is 5.91 Å². The van der Waals surface area contributed by atoms with Crippen molar-refractivity contribution in [1.29, 1.82) is 0 Å². The van der Waals surface area contributed by atoms with E-state index in [0.717, 1.165) is 31.4 Å². The molecule has 1 aromatic rings. The topological polar surface area (TPSA) is 45.2 Å². The summed E-state index contributed by atoms with van der Waals surface area (Å²) in [6, 6.07) is 3.80. The fraction of sp³-hybridized carbons (Fsp3) is 0.538. The summed E-state index contributed by atoms with van der Waals surface area (Å²) in [4.78, 5) is 18.1. The summed E-state index contributed by atoms with van der Waals surface area (Å²) in [5, 5.41) is 3.26. The highest BCUT2D eigenvalue weighted by Crippen LogP contribution is 2.22. The first-order valence-corrected chi connectivity index (χ1v) is 6.65. The van der Waals surface area contributed by atoms with Gasteiger partial charge in [-0.05, 0) is 25.5 Å². The highest BCUT2D eigenvalue weighted by atomic mass is 35.5. The molecule has 1 unspecified atom stereocenters. The molecule has 1 aliphatic rings. The van der Waals surface area contributed by atoms with E-state index in [0.29, 0.717) is 11.7 Å². The highest BCUT2D eigenvalue weighted by molar-refractivity contribution is 6.30. The number of carbonyl (C=O) groups is 1. The number of nitrogens with one attached hydrogen (secondary N) is 1. The van der Waals surface area contributed by atoms with Gasteiger partial charge in [0.25, 0.3) is 0 Å². The predicted molar refractivity (Wildman–Crippen MR) is 71.4 cm³/mol. The second kappa shape index (κ2) is 6.16. The van der Waals surface area contributed by atoms with Crippen LogP contribution in [0.1, 0.15) is 24.8 Å². The Morgan fingerprint density at radius 2 is 2.44 bits per heavy atom. The molecule has 0 aliphatic carbocycles. The lowest BCUT2D eigenvalue weighted by atomic mass is 10.0. The molecule has 0 bridgehead atoms. The molecule has 4 nitrogen and oxygen atoms in total. The van der Waals surface area contributed by atoms with Gasteiger partial charge in [0.15, 0.2) is 0 Å². The van der Waals surface area contributed by atoms with E-state index < -0.39 is 0 Å². The van der Waals surface area contributed by atoms with E-state index in [2.05, 4.69) is 15.2 Å². The molecule has 0 radical (unpaired) electrons. The van der Waals surface area contributed by atoms with Crippen molar-refractivity contribution in [3.8, 4) is 0 Å². The number of nitrogens with zero attached hydrogens (tertiary/aromatic N) is 2. The number of halogens is 1. The van der Waals surface area contributed by atoms with Crippen molar-refractivity contribution in [2.75, 3.05) is 13.6 Å². The van der Waals surface area contributed by atoms with Crippen LogP contribution >= 0.6 is 11.6 Å². The molecule has 1 N–H and O–H groups in total. The van der Waals surface area contributed by atoms with Gasteiger partial charge in [0.05, 0.1) is 6.04 Å². The fourth-order valence-corrected chi connectivity index (χ4v) is 2.58. The van der Waals surface area contributed by atoms with Crippen LogP contribution in [0.5, 0.6) is 0 Å². The third kappa shape index (κ3) is 3.00. The summed E-state index contributed by atoms with van der Waals surface area (Å²) in [6.45, 7) is 1.62. The van der Waals surface area contributed by atoms with Crippen LogP contribution in [0.15, 0.2) is 18.3 Å². The molecule has 1 aliphatic heterocycles. The van der Waals surface area contributed by atoms with E-state index >= 15 is 0 Å². The Kier molecular flexibility index (Phi) is 4.55. The Bertz CT molecular complexity index is 424. The zero-order valence-corrected chi connectivity index (χ0v) is 11.3. The van der Waals surface area contributed by atoms with Gasteiger partial charge in [-0.1, -0.05) is 24.1 Å². The van der Waals surface area contributed by atoms with E-state index in [1.54, 1.807) is 13.2 Å². The number of carbonyl (C=O) groups excluding carboxylic acids is 1. The lowest BCUT2D eigenvalue weighted by molar-refractivity contribution is -0.127. The van der Waals surface area contributed by atoms with Gasteiger partial charge in [0.1, 0.15) is 5.15 Å². The third-order valence-electron chi connectivity index (χ3n) is 3.37. The van der Waals surface area contributed by atoms with E-state index in [4.69, 9.17) is 11.6 Å². The first kappa shape index (κ1) is 13.3. The zero-order chi connectivity index (χ0) is 13.0. The minimum absolute atomic E-state index is 0.0416. The largest absolute Gasteiger partial charge is 0.358 e. The van der Waals surface area contributed by atoms with Crippen molar-refractivity contribution in [3.63, 3.8) is 0 Å². The van der Waals surface area contributed by atoms with Crippen molar-refractivity contribution in [2.45, 2.75) is 31.8 Å².